The lowest BCUT2D eigenvalue weighted by atomic mass is 10.1. The topological polar surface area (TPSA) is 80.5 Å². The molecule has 0 unspecified atom stereocenters. The highest BCUT2D eigenvalue weighted by Crippen LogP contribution is 2.35. The fraction of sp³-hybridized carbons (Fsp3) is 0.176. The van der Waals surface area contributed by atoms with Crippen LogP contribution in [0.2, 0.25) is 0 Å². The molecule has 1 aromatic carbocycles. The van der Waals surface area contributed by atoms with E-state index >= 15 is 0 Å². The number of methoxy groups -OCH3 is 1. The van der Waals surface area contributed by atoms with E-state index in [1.807, 2.05) is 6.07 Å². The minimum atomic E-state index is -0.571. The smallest absolute Gasteiger partial charge is 0.414 e. The zero-order valence-corrected chi connectivity index (χ0v) is 13.4. The molecule has 0 aliphatic carbocycles. The molecule has 2 aromatic heterocycles. The molecule has 0 bridgehead atoms. The van der Waals surface area contributed by atoms with Crippen molar-refractivity contribution in [1.29, 1.82) is 0 Å². The number of esters is 1. The van der Waals surface area contributed by atoms with Gasteiger partial charge in [-0.15, -0.1) is 0 Å². The molecule has 1 amide bonds. The molecule has 0 radical (unpaired) electrons. The van der Waals surface area contributed by atoms with Crippen molar-refractivity contribution in [2.45, 2.75) is 0 Å². The molecule has 3 aromatic rings. The Kier molecular flexibility index (Phi) is 3.76. The van der Waals surface area contributed by atoms with Gasteiger partial charge in [0.15, 0.2) is 5.75 Å². The quantitative estimate of drug-likeness (QED) is 0.732. The third-order valence-electron chi connectivity index (χ3n) is 3.65. The van der Waals surface area contributed by atoms with Crippen molar-refractivity contribution in [2.75, 3.05) is 21.2 Å². The molecule has 0 aliphatic rings. The van der Waals surface area contributed by atoms with E-state index in [0.717, 1.165) is 0 Å². The first-order valence-electron chi connectivity index (χ1n) is 7.17. The van der Waals surface area contributed by atoms with E-state index in [2.05, 4.69) is 0 Å². The van der Waals surface area contributed by atoms with Crippen LogP contribution in [0, 0.1) is 0 Å². The van der Waals surface area contributed by atoms with E-state index in [-0.39, 0.29) is 17.1 Å². The number of carbonyl (C=O) groups excluding carboxylic acids is 2. The number of para-hydroxylation sites is 1. The average molecular weight is 328 g/mol. The fourth-order valence-electron chi connectivity index (χ4n) is 2.57. The number of carbonyl (C=O) groups is 2. The van der Waals surface area contributed by atoms with Crippen LogP contribution < -0.4 is 4.74 Å². The average Bonchev–Trinajstić information content (AvgIpc) is 2.89. The Morgan fingerprint density at radius 3 is 2.58 bits per heavy atom. The monoisotopic (exact) mass is 328 g/mol. The molecule has 1 N–H and O–H groups in total. The van der Waals surface area contributed by atoms with Gasteiger partial charge < -0.3 is 23.9 Å². The van der Waals surface area contributed by atoms with E-state index in [9.17, 15) is 14.7 Å². The van der Waals surface area contributed by atoms with Gasteiger partial charge in [-0.2, -0.15) is 0 Å². The zero-order valence-electron chi connectivity index (χ0n) is 13.4. The Balaban J connectivity index is 2.30. The number of amides is 1. The lowest BCUT2D eigenvalue weighted by Gasteiger charge is -2.12. The van der Waals surface area contributed by atoms with Crippen molar-refractivity contribution in [1.82, 2.24) is 9.30 Å². The Hall–Kier alpha value is -3.22. The normalized spacial score (nSPS) is 10.8. The Morgan fingerprint density at radius 2 is 1.92 bits per heavy atom. The summed E-state index contributed by atoms with van der Waals surface area (Å²) in [5.41, 5.74) is 1.25. The molecular formula is C17H16N2O5. The van der Waals surface area contributed by atoms with Crippen molar-refractivity contribution in [3.05, 3.63) is 42.1 Å². The molecule has 7 nitrogen and oxygen atoms in total. The number of nitrogens with zero attached hydrogens (tertiary/aromatic N) is 2. The van der Waals surface area contributed by atoms with Gasteiger partial charge in [0.1, 0.15) is 11.3 Å². The van der Waals surface area contributed by atoms with Crippen molar-refractivity contribution in [2.24, 2.45) is 0 Å². The van der Waals surface area contributed by atoms with Crippen molar-refractivity contribution in [3.63, 3.8) is 0 Å². The number of pyridine rings is 1. The van der Waals surface area contributed by atoms with Gasteiger partial charge >= 0.3 is 12.1 Å². The second-order valence-corrected chi connectivity index (χ2v) is 5.43. The van der Waals surface area contributed by atoms with E-state index in [4.69, 9.17) is 9.47 Å². The van der Waals surface area contributed by atoms with Crippen LogP contribution in [-0.2, 0) is 4.74 Å². The minimum absolute atomic E-state index is 0.163. The van der Waals surface area contributed by atoms with E-state index < -0.39 is 12.1 Å². The molecule has 124 valence electrons. The number of aromatic nitrogens is 1. The summed E-state index contributed by atoms with van der Waals surface area (Å²) in [7, 11) is 4.40. The van der Waals surface area contributed by atoms with Crippen LogP contribution in [0.25, 0.3) is 16.4 Å². The Bertz CT molecular complexity index is 958. The van der Waals surface area contributed by atoms with Gasteiger partial charge in [-0.1, -0.05) is 18.2 Å². The lowest BCUT2D eigenvalue weighted by Crippen LogP contribution is -2.25. The molecule has 0 saturated carbocycles. The number of hydrogen-bond donors (Lipinski definition) is 1. The first-order valence-corrected chi connectivity index (χ1v) is 7.17. The third kappa shape index (κ3) is 2.40. The largest absolute Gasteiger partial charge is 0.506 e. The van der Waals surface area contributed by atoms with Gasteiger partial charge in [-0.25, -0.2) is 9.59 Å². The molecule has 0 spiro atoms. The molecule has 7 heteroatoms. The molecule has 0 saturated heterocycles. The molecule has 0 aliphatic heterocycles. The third-order valence-corrected chi connectivity index (χ3v) is 3.65. The molecule has 3 rings (SSSR count). The Labute approximate surface area is 137 Å². The molecule has 2 heterocycles. The molecular weight excluding hydrogens is 312 g/mol. The molecule has 0 atom stereocenters. The van der Waals surface area contributed by atoms with Crippen molar-refractivity contribution >= 4 is 28.5 Å². The van der Waals surface area contributed by atoms with Crippen LogP contribution >= 0.6 is 0 Å². The number of hydrogen-bond acceptors (Lipinski definition) is 5. The van der Waals surface area contributed by atoms with Crippen molar-refractivity contribution in [3.8, 4) is 11.5 Å². The maximum Gasteiger partial charge on any atom is 0.414 e. The first kappa shape index (κ1) is 15.7. The van der Waals surface area contributed by atoms with Gasteiger partial charge in [0.2, 0.25) is 0 Å². The highest BCUT2D eigenvalue weighted by Gasteiger charge is 2.22. The SMILES string of the molecule is COC(=O)c1c2ccccc2n2cc(OC(=O)N(C)C)cc(O)c12. The highest BCUT2D eigenvalue weighted by atomic mass is 16.6. The summed E-state index contributed by atoms with van der Waals surface area (Å²) < 4.78 is 11.6. The first-order chi connectivity index (χ1) is 11.4. The molecule has 0 fully saturated rings. The van der Waals surface area contributed by atoms with Gasteiger partial charge in [-0.05, 0) is 6.07 Å². The summed E-state index contributed by atoms with van der Waals surface area (Å²) in [5, 5.41) is 11.0. The van der Waals surface area contributed by atoms with Crippen LogP contribution in [0.5, 0.6) is 11.5 Å². The van der Waals surface area contributed by atoms with E-state index in [1.165, 1.54) is 18.1 Å². The number of benzene rings is 1. The van der Waals surface area contributed by atoms with Crippen LogP contribution in [0.3, 0.4) is 0 Å². The van der Waals surface area contributed by atoms with Gasteiger partial charge in [0, 0.05) is 25.5 Å². The summed E-state index contributed by atoms with van der Waals surface area (Å²) in [6.45, 7) is 0. The fourth-order valence-corrected chi connectivity index (χ4v) is 2.57. The predicted octanol–water partition coefficient (Wildman–Crippen LogP) is 2.65. The summed E-state index contributed by atoms with van der Waals surface area (Å²) in [6, 6.07) is 8.46. The van der Waals surface area contributed by atoms with Crippen LogP contribution in [0.15, 0.2) is 36.5 Å². The number of ether oxygens (including phenoxy) is 2. The maximum atomic E-state index is 12.2. The van der Waals surface area contributed by atoms with Crippen molar-refractivity contribution < 1.29 is 24.2 Å². The summed E-state index contributed by atoms with van der Waals surface area (Å²) in [6.07, 6.45) is 0.976. The minimum Gasteiger partial charge on any atom is -0.506 e. The lowest BCUT2D eigenvalue weighted by molar-refractivity contribution is 0.0604. The number of rotatable bonds is 2. The van der Waals surface area contributed by atoms with Gasteiger partial charge in [0.05, 0.1) is 24.4 Å². The number of fused-ring (bicyclic) bond motifs is 3. The highest BCUT2D eigenvalue weighted by molar-refractivity contribution is 6.13. The maximum absolute atomic E-state index is 12.2. The van der Waals surface area contributed by atoms with Gasteiger partial charge in [0.25, 0.3) is 0 Å². The standard InChI is InChI=1S/C17H16N2O5/c1-18(2)17(22)24-10-8-13(20)15-14(16(21)23-3)11-6-4-5-7-12(11)19(15)9-10/h4-9,20H,1-3H3. The second-order valence-electron chi connectivity index (χ2n) is 5.43. The summed E-state index contributed by atoms with van der Waals surface area (Å²) >= 11 is 0. The number of aromatic hydroxyl groups is 1. The molecule has 24 heavy (non-hydrogen) atoms. The summed E-state index contributed by atoms with van der Waals surface area (Å²) in [4.78, 5) is 25.2. The summed E-state index contributed by atoms with van der Waals surface area (Å²) in [5.74, 6) is -0.575. The van der Waals surface area contributed by atoms with E-state index in [0.29, 0.717) is 16.4 Å². The van der Waals surface area contributed by atoms with E-state index in [1.54, 1.807) is 42.9 Å². The van der Waals surface area contributed by atoms with Crippen LogP contribution in [0.4, 0.5) is 4.79 Å². The van der Waals surface area contributed by atoms with Crippen LogP contribution in [0.1, 0.15) is 10.4 Å². The second kappa shape index (κ2) is 5.77. The Morgan fingerprint density at radius 1 is 1.21 bits per heavy atom. The zero-order chi connectivity index (χ0) is 17.4. The predicted molar refractivity (Wildman–Crippen MR) is 87.6 cm³/mol. The van der Waals surface area contributed by atoms with Gasteiger partial charge in [-0.3, -0.25) is 0 Å². The van der Waals surface area contributed by atoms with Crippen LogP contribution in [-0.4, -0.2) is 47.7 Å².